The van der Waals surface area contributed by atoms with Crippen LogP contribution in [0.4, 0.5) is 0 Å². The van der Waals surface area contributed by atoms with Gasteiger partial charge in [-0.25, -0.2) is 0 Å². The highest BCUT2D eigenvalue weighted by atomic mass is 16.5. The molecule has 0 saturated carbocycles. The summed E-state index contributed by atoms with van der Waals surface area (Å²) in [5.41, 5.74) is 0. The Balaban J connectivity index is 1.74. The third-order valence-electron chi connectivity index (χ3n) is 3.26. The number of amides is 1. The third kappa shape index (κ3) is 3.17. The Morgan fingerprint density at radius 1 is 1.38 bits per heavy atom. The van der Waals surface area contributed by atoms with Crippen LogP contribution in [-0.2, 0) is 9.53 Å². The molecule has 1 atom stereocenters. The normalized spacial score (nSPS) is 28.1. The SMILES string of the molecule is CN1CCN(C(=O)CC2CNCCO2)CC1. The average Bonchev–Trinajstić information content (AvgIpc) is 2.31. The Morgan fingerprint density at radius 3 is 2.75 bits per heavy atom. The highest BCUT2D eigenvalue weighted by Crippen LogP contribution is 2.07. The first-order valence-corrected chi connectivity index (χ1v) is 6.04. The lowest BCUT2D eigenvalue weighted by molar-refractivity contribution is -0.136. The number of morpholine rings is 1. The first kappa shape index (κ1) is 11.8. The number of hydrogen-bond donors (Lipinski definition) is 1. The number of likely N-dealkylation sites (N-methyl/N-ethyl adjacent to an activating group) is 1. The van der Waals surface area contributed by atoms with Crippen LogP contribution < -0.4 is 5.32 Å². The zero-order valence-corrected chi connectivity index (χ0v) is 9.95. The molecule has 0 aromatic rings. The van der Waals surface area contributed by atoms with Crippen molar-refractivity contribution >= 4 is 5.91 Å². The molecule has 2 heterocycles. The van der Waals surface area contributed by atoms with Gasteiger partial charge in [0, 0.05) is 39.3 Å². The maximum absolute atomic E-state index is 12.0. The lowest BCUT2D eigenvalue weighted by Crippen LogP contribution is -2.49. The molecule has 1 amide bonds. The molecule has 5 heteroatoms. The van der Waals surface area contributed by atoms with Crippen molar-refractivity contribution in [2.45, 2.75) is 12.5 Å². The van der Waals surface area contributed by atoms with Crippen molar-refractivity contribution in [3.8, 4) is 0 Å². The summed E-state index contributed by atoms with van der Waals surface area (Å²) >= 11 is 0. The monoisotopic (exact) mass is 227 g/mol. The van der Waals surface area contributed by atoms with Gasteiger partial charge in [0.1, 0.15) is 0 Å². The summed E-state index contributed by atoms with van der Waals surface area (Å²) in [6.07, 6.45) is 0.595. The Labute approximate surface area is 96.7 Å². The van der Waals surface area contributed by atoms with Crippen LogP contribution in [0.3, 0.4) is 0 Å². The fourth-order valence-corrected chi connectivity index (χ4v) is 2.13. The summed E-state index contributed by atoms with van der Waals surface area (Å²) in [4.78, 5) is 16.2. The molecule has 1 unspecified atom stereocenters. The first-order valence-electron chi connectivity index (χ1n) is 6.04. The summed E-state index contributed by atoms with van der Waals surface area (Å²) < 4.78 is 5.54. The molecule has 0 aromatic heterocycles. The molecule has 1 N–H and O–H groups in total. The predicted octanol–water partition coefficient (Wildman–Crippen LogP) is -0.861. The number of carbonyl (C=O) groups excluding carboxylic acids is 1. The van der Waals surface area contributed by atoms with E-state index >= 15 is 0 Å². The van der Waals surface area contributed by atoms with Crippen molar-refractivity contribution < 1.29 is 9.53 Å². The third-order valence-corrected chi connectivity index (χ3v) is 3.26. The molecule has 92 valence electrons. The van der Waals surface area contributed by atoms with Gasteiger partial charge in [-0.3, -0.25) is 4.79 Å². The molecule has 0 spiro atoms. The van der Waals surface area contributed by atoms with E-state index in [2.05, 4.69) is 17.3 Å². The molecule has 0 aromatic carbocycles. The maximum Gasteiger partial charge on any atom is 0.225 e. The molecule has 0 radical (unpaired) electrons. The molecule has 2 aliphatic heterocycles. The van der Waals surface area contributed by atoms with E-state index in [0.717, 1.165) is 45.9 Å². The minimum absolute atomic E-state index is 0.0703. The standard InChI is InChI=1S/C11H21N3O2/c1-13-3-5-14(6-4-13)11(15)8-10-9-12-2-7-16-10/h10,12H,2-9H2,1H3. The Kier molecular flexibility index (Phi) is 4.15. The largest absolute Gasteiger partial charge is 0.375 e. The second-order valence-electron chi connectivity index (χ2n) is 4.59. The second-order valence-corrected chi connectivity index (χ2v) is 4.59. The lowest BCUT2D eigenvalue weighted by Gasteiger charge is -2.33. The van der Waals surface area contributed by atoms with E-state index in [0.29, 0.717) is 6.42 Å². The Hall–Kier alpha value is -0.650. The topological polar surface area (TPSA) is 44.8 Å². The van der Waals surface area contributed by atoms with Crippen molar-refractivity contribution in [1.82, 2.24) is 15.1 Å². The average molecular weight is 227 g/mol. The van der Waals surface area contributed by atoms with Crippen LogP contribution >= 0.6 is 0 Å². The molecule has 2 rings (SSSR count). The molecule has 16 heavy (non-hydrogen) atoms. The van der Waals surface area contributed by atoms with E-state index in [-0.39, 0.29) is 12.0 Å². The zero-order chi connectivity index (χ0) is 11.4. The minimum atomic E-state index is 0.0703. The summed E-state index contributed by atoms with van der Waals surface area (Å²) in [5, 5.41) is 3.25. The van der Waals surface area contributed by atoms with E-state index in [1.165, 1.54) is 0 Å². The Morgan fingerprint density at radius 2 is 2.12 bits per heavy atom. The number of nitrogens with one attached hydrogen (secondary N) is 1. The van der Waals surface area contributed by atoms with Crippen LogP contribution in [0.15, 0.2) is 0 Å². The molecule has 2 aliphatic rings. The van der Waals surface area contributed by atoms with Crippen molar-refractivity contribution in [3.63, 3.8) is 0 Å². The van der Waals surface area contributed by atoms with Gasteiger partial charge in [0.2, 0.25) is 5.91 Å². The van der Waals surface area contributed by atoms with E-state index in [1.807, 2.05) is 4.90 Å². The molecule has 0 bridgehead atoms. The second kappa shape index (κ2) is 5.61. The van der Waals surface area contributed by atoms with Gasteiger partial charge < -0.3 is 19.9 Å². The molecular formula is C11H21N3O2. The number of hydrogen-bond acceptors (Lipinski definition) is 4. The van der Waals surface area contributed by atoms with E-state index in [4.69, 9.17) is 4.74 Å². The predicted molar refractivity (Wildman–Crippen MR) is 61.3 cm³/mol. The number of nitrogens with zero attached hydrogens (tertiary/aromatic N) is 2. The van der Waals surface area contributed by atoms with Crippen molar-refractivity contribution in [2.24, 2.45) is 0 Å². The summed E-state index contributed by atoms with van der Waals surface area (Å²) in [5.74, 6) is 0.238. The molecule has 2 saturated heterocycles. The molecule has 2 fully saturated rings. The van der Waals surface area contributed by atoms with E-state index < -0.39 is 0 Å². The number of carbonyl (C=O) groups is 1. The quantitative estimate of drug-likeness (QED) is 0.667. The van der Waals surface area contributed by atoms with Crippen LogP contribution in [0.5, 0.6) is 0 Å². The van der Waals surface area contributed by atoms with Crippen LogP contribution in [0.2, 0.25) is 0 Å². The van der Waals surface area contributed by atoms with Gasteiger partial charge in [0.15, 0.2) is 0 Å². The highest BCUT2D eigenvalue weighted by molar-refractivity contribution is 5.76. The van der Waals surface area contributed by atoms with Crippen LogP contribution in [0.1, 0.15) is 6.42 Å². The van der Waals surface area contributed by atoms with Gasteiger partial charge in [-0.15, -0.1) is 0 Å². The fraction of sp³-hybridized carbons (Fsp3) is 0.909. The van der Waals surface area contributed by atoms with Gasteiger partial charge in [-0.2, -0.15) is 0 Å². The molecule has 5 nitrogen and oxygen atoms in total. The lowest BCUT2D eigenvalue weighted by atomic mass is 10.2. The molecular weight excluding hydrogens is 206 g/mol. The van der Waals surface area contributed by atoms with Crippen molar-refractivity contribution in [3.05, 3.63) is 0 Å². The highest BCUT2D eigenvalue weighted by Gasteiger charge is 2.23. The summed E-state index contributed by atoms with van der Waals surface area (Å²) in [7, 11) is 2.09. The summed E-state index contributed by atoms with van der Waals surface area (Å²) in [6.45, 7) is 6.11. The van der Waals surface area contributed by atoms with Gasteiger partial charge in [0.25, 0.3) is 0 Å². The van der Waals surface area contributed by atoms with E-state index in [1.54, 1.807) is 0 Å². The van der Waals surface area contributed by atoms with Gasteiger partial charge >= 0.3 is 0 Å². The van der Waals surface area contributed by atoms with Gasteiger partial charge in [0.05, 0.1) is 19.1 Å². The maximum atomic E-state index is 12.0. The first-order chi connectivity index (χ1) is 7.75. The van der Waals surface area contributed by atoms with Crippen LogP contribution in [-0.4, -0.2) is 74.7 Å². The van der Waals surface area contributed by atoms with Gasteiger partial charge in [-0.1, -0.05) is 0 Å². The summed E-state index contributed by atoms with van der Waals surface area (Å²) in [6, 6.07) is 0. The van der Waals surface area contributed by atoms with E-state index in [9.17, 15) is 4.79 Å². The zero-order valence-electron chi connectivity index (χ0n) is 9.95. The fourth-order valence-electron chi connectivity index (χ4n) is 2.13. The van der Waals surface area contributed by atoms with Crippen molar-refractivity contribution in [1.29, 1.82) is 0 Å². The number of rotatable bonds is 2. The Bertz CT molecular complexity index is 233. The van der Waals surface area contributed by atoms with Crippen LogP contribution in [0.25, 0.3) is 0 Å². The number of piperazine rings is 1. The van der Waals surface area contributed by atoms with Crippen LogP contribution in [0, 0.1) is 0 Å². The minimum Gasteiger partial charge on any atom is -0.375 e. The molecule has 0 aliphatic carbocycles. The van der Waals surface area contributed by atoms with Crippen molar-refractivity contribution in [2.75, 3.05) is 52.9 Å². The smallest absolute Gasteiger partial charge is 0.225 e. The van der Waals surface area contributed by atoms with Gasteiger partial charge in [-0.05, 0) is 7.05 Å². The number of ether oxygens (including phenoxy) is 1.